The highest BCUT2D eigenvalue weighted by Crippen LogP contribution is 2.21. The minimum absolute atomic E-state index is 0.433. The summed E-state index contributed by atoms with van der Waals surface area (Å²) in [6.07, 6.45) is 3.07. The largest absolute Gasteiger partial charge is 0.373 e. The van der Waals surface area contributed by atoms with Crippen molar-refractivity contribution in [3.05, 3.63) is 11.4 Å². The maximum atomic E-state index is 4.60. The van der Waals surface area contributed by atoms with E-state index in [1.165, 1.54) is 0 Å². The van der Waals surface area contributed by atoms with Gasteiger partial charge >= 0.3 is 0 Å². The lowest BCUT2D eigenvalue weighted by Crippen LogP contribution is -2.17. The summed E-state index contributed by atoms with van der Waals surface area (Å²) < 4.78 is 0. The average Bonchev–Trinajstić information content (AvgIpc) is 2.33. The van der Waals surface area contributed by atoms with Crippen LogP contribution in [0.5, 0.6) is 0 Å². The van der Waals surface area contributed by atoms with Crippen LogP contribution in [0.25, 0.3) is 0 Å². The van der Waals surface area contributed by atoms with Crippen molar-refractivity contribution in [2.45, 2.75) is 53.0 Å². The zero-order valence-electron chi connectivity index (χ0n) is 11.6. The molecule has 1 unspecified atom stereocenters. The second-order valence-corrected chi connectivity index (χ2v) is 4.42. The lowest BCUT2D eigenvalue weighted by molar-refractivity contribution is 0.750. The summed E-state index contributed by atoms with van der Waals surface area (Å²) >= 11 is 0. The highest BCUT2D eigenvalue weighted by molar-refractivity contribution is 5.57. The molecule has 1 atom stereocenters. The molecule has 0 aliphatic heterocycles. The Hall–Kier alpha value is -1.32. The normalized spacial score (nSPS) is 12.3. The Morgan fingerprint density at radius 1 is 1.18 bits per heavy atom. The van der Waals surface area contributed by atoms with Crippen LogP contribution < -0.4 is 10.6 Å². The highest BCUT2D eigenvalue weighted by atomic mass is 15.1. The number of nitrogens with one attached hydrogen (secondary N) is 2. The van der Waals surface area contributed by atoms with Crippen LogP contribution in [0.4, 0.5) is 11.6 Å². The zero-order chi connectivity index (χ0) is 12.8. The minimum atomic E-state index is 0.433. The summed E-state index contributed by atoms with van der Waals surface area (Å²) in [6, 6.07) is 0.433. The van der Waals surface area contributed by atoms with E-state index in [2.05, 4.69) is 41.4 Å². The van der Waals surface area contributed by atoms with Gasteiger partial charge in [0.25, 0.3) is 0 Å². The van der Waals surface area contributed by atoms with Crippen molar-refractivity contribution < 1.29 is 0 Å². The summed E-state index contributed by atoms with van der Waals surface area (Å²) in [7, 11) is 1.90. The van der Waals surface area contributed by atoms with Crippen molar-refractivity contribution in [1.29, 1.82) is 0 Å². The van der Waals surface area contributed by atoms with E-state index in [-0.39, 0.29) is 0 Å². The Balaban J connectivity index is 3.04. The summed E-state index contributed by atoms with van der Waals surface area (Å²) in [6.45, 7) is 8.52. The number of aromatic nitrogens is 2. The predicted molar refractivity (Wildman–Crippen MR) is 73.7 cm³/mol. The Bertz CT molecular complexity index is 363. The van der Waals surface area contributed by atoms with Gasteiger partial charge in [0.1, 0.15) is 17.5 Å². The van der Waals surface area contributed by atoms with E-state index in [1.54, 1.807) is 0 Å². The van der Waals surface area contributed by atoms with Crippen LogP contribution >= 0.6 is 0 Å². The van der Waals surface area contributed by atoms with E-state index < -0.39 is 0 Å². The van der Waals surface area contributed by atoms with Crippen LogP contribution in [-0.4, -0.2) is 23.1 Å². The molecule has 4 heteroatoms. The molecule has 0 saturated carbocycles. The average molecular weight is 236 g/mol. The predicted octanol–water partition coefficient (Wildman–Crippen LogP) is 2.99. The van der Waals surface area contributed by atoms with Crippen LogP contribution in [0, 0.1) is 6.92 Å². The molecule has 0 aromatic carbocycles. The monoisotopic (exact) mass is 236 g/mol. The van der Waals surface area contributed by atoms with Gasteiger partial charge < -0.3 is 10.6 Å². The lowest BCUT2D eigenvalue weighted by Gasteiger charge is -2.17. The molecule has 0 amide bonds. The van der Waals surface area contributed by atoms with E-state index in [1.807, 2.05) is 14.0 Å². The number of nitrogens with zero attached hydrogens (tertiary/aromatic N) is 2. The van der Waals surface area contributed by atoms with E-state index in [4.69, 9.17) is 0 Å². The summed E-state index contributed by atoms with van der Waals surface area (Å²) in [5.74, 6) is 2.80. The molecule has 17 heavy (non-hydrogen) atoms. The number of aryl methyl sites for hydroxylation is 1. The second kappa shape index (κ2) is 6.42. The molecule has 0 spiro atoms. The summed E-state index contributed by atoms with van der Waals surface area (Å²) in [5, 5.41) is 6.58. The van der Waals surface area contributed by atoms with Gasteiger partial charge in [-0.25, -0.2) is 9.97 Å². The van der Waals surface area contributed by atoms with Crippen molar-refractivity contribution in [2.75, 3.05) is 17.7 Å². The molecule has 0 aliphatic carbocycles. The quantitative estimate of drug-likeness (QED) is 0.797. The third-order valence-electron chi connectivity index (χ3n) is 2.90. The first kappa shape index (κ1) is 13.7. The summed E-state index contributed by atoms with van der Waals surface area (Å²) in [4.78, 5) is 9.11. The first-order valence-corrected chi connectivity index (χ1v) is 6.44. The topological polar surface area (TPSA) is 49.8 Å². The third kappa shape index (κ3) is 3.58. The van der Waals surface area contributed by atoms with Gasteiger partial charge in [0.05, 0.1) is 0 Å². The Kier molecular flexibility index (Phi) is 5.19. The molecule has 2 N–H and O–H groups in total. The molecule has 1 aromatic rings. The molecule has 96 valence electrons. The van der Waals surface area contributed by atoms with Crippen LogP contribution in [0.2, 0.25) is 0 Å². The van der Waals surface area contributed by atoms with E-state index in [9.17, 15) is 0 Å². The second-order valence-electron chi connectivity index (χ2n) is 4.42. The first-order chi connectivity index (χ1) is 8.12. The van der Waals surface area contributed by atoms with Crippen LogP contribution in [0.3, 0.4) is 0 Å². The number of anilines is 2. The Morgan fingerprint density at radius 2 is 1.82 bits per heavy atom. The Labute approximate surface area is 104 Å². The van der Waals surface area contributed by atoms with Crippen LogP contribution in [0.15, 0.2) is 0 Å². The molecule has 4 nitrogen and oxygen atoms in total. The lowest BCUT2D eigenvalue weighted by atomic mass is 10.2. The number of hydrogen-bond donors (Lipinski definition) is 2. The fraction of sp³-hybridized carbons (Fsp3) is 0.692. The first-order valence-electron chi connectivity index (χ1n) is 6.44. The van der Waals surface area contributed by atoms with Gasteiger partial charge in [0.2, 0.25) is 0 Å². The fourth-order valence-electron chi connectivity index (χ4n) is 1.62. The van der Waals surface area contributed by atoms with Crippen molar-refractivity contribution in [3.8, 4) is 0 Å². The molecule has 1 aromatic heterocycles. The Morgan fingerprint density at radius 3 is 2.35 bits per heavy atom. The maximum absolute atomic E-state index is 4.60. The molecule has 0 bridgehead atoms. The zero-order valence-corrected chi connectivity index (χ0v) is 11.6. The van der Waals surface area contributed by atoms with Gasteiger partial charge in [-0.15, -0.1) is 0 Å². The molecule has 0 fully saturated rings. The van der Waals surface area contributed by atoms with E-state index in [0.29, 0.717) is 6.04 Å². The molecule has 0 radical (unpaired) electrons. The van der Waals surface area contributed by atoms with Gasteiger partial charge in [-0.3, -0.25) is 0 Å². The third-order valence-corrected chi connectivity index (χ3v) is 2.90. The summed E-state index contributed by atoms with van der Waals surface area (Å²) in [5.41, 5.74) is 1.09. The molecular formula is C13H24N4. The van der Waals surface area contributed by atoms with Gasteiger partial charge in [0.15, 0.2) is 0 Å². The highest BCUT2D eigenvalue weighted by Gasteiger charge is 2.11. The van der Waals surface area contributed by atoms with Crippen molar-refractivity contribution in [3.63, 3.8) is 0 Å². The number of hydrogen-bond acceptors (Lipinski definition) is 4. The van der Waals surface area contributed by atoms with Crippen molar-refractivity contribution in [2.24, 2.45) is 0 Å². The molecule has 0 aliphatic rings. The standard InChI is InChI=1S/C13H24N4/c1-6-8-11-16-12(14-5)10(4)13(17-11)15-9(3)7-2/h9H,6-8H2,1-5H3,(H2,14,15,16,17). The van der Waals surface area contributed by atoms with Gasteiger partial charge in [-0.1, -0.05) is 13.8 Å². The minimum Gasteiger partial charge on any atom is -0.373 e. The van der Waals surface area contributed by atoms with Gasteiger partial charge in [0, 0.05) is 25.1 Å². The number of rotatable bonds is 6. The van der Waals surface area contributed by atoms with Crippen LogP contribution in [-0.2, 0) is 6.42 Å². The van der Waals surface area contributed by atoms with E-state index >= 15 is 0 Å². The molecule has 0 saturated heterocycles. The van der Waals surface area contributed by atoms with Crippen molar-refractivity contribution >= 4 is 11.6 Å². The smallest absolute Gasteiger partial charge is 0.134 e. The SMILES string of the molecule is CCCc1nc(NC)c(C)c(NC(C)CC)n1. The maximum Gasteiger partial charge on any atom is 0.134 e. The van der Waals surface area contributed by atoms with Gasteiger partial charge in [-0.05, 0) is 26.7 Å². The molecule has 1 heterocycles. The fourth-order valence-corrected chi connectivity index (χ4v) is 1.62. The molecule has 1 rings (SSSR count). The van der Waals surface area contributed by atoms with Crippen molar-refractivity contribution in [1.82, 2.24) is 9.97 Å². The van der Waals surface area contributed by atoms with Gasteiger partial charge in [-0.2, -0.15) is 0 Å². The van der Waals surface area contributed by atoms with E-state index in [0.717, 1.165) is 42.3 Å². The van der Waals surface area contributed by atoms with Crippen LogP contribution in [0.1, 0.15) is 45.0 Å². The molecular weight excluding hydrogens is 212 g/mol.